The summed E-state index contributed by atoms with van der Waals surface area (Å²) >= 11 is 0. The molecule has 23 heavy (non-hydrogen) atoms. The van der Waals surface area contributed by atoms with Gasteiger partial charge in [0.25, 0.3) is 0 Å². The van der Waals surface area contributed by atoms with E-state index in [2.05, 4.69) is 22.6 Å². The number of ether oxygens (including phenoxy) is 6. The second kappa shape index (κ2) is 10.2. The van der Waals surface area contributed by atoms with E-state index >= 15 is 0 Å². The fraction of sp³-hybridized carbons (Fsp3) is 0.538. The van der Waals surface area contributed by atoms with E-state index in [4.69, 9.17) is 18.9 Å². The van der Waals surface area contributed by atoms with Crippen LogP contribution in [0.4, 0.5) is 0 Å². The molecular weight excluding hydrogens is 331 g/mol. The molecule has 0 saturated carbocycles. The zero-order valence-electron chi connectivity index (χ0n) is 13.1. The lowest BCUT2D eigenvalue weighted by molar-refractivity contribution is -0.374. The van der Waals surface area contributed by atoms with Gasteiger partial charge in [0.1, 0.15) is 0 Å². The summed E-state index contributed by atoms with van der Waals surface area (Å²) in [5.74, 6) is -3.25. The molecule has 9 nitrogen and oxygen atoms in total. The minimum Gasteiger partial charge on any atom is -0.435 e. The number of carbonyl (C=O) groups is 2. The first-order chi connectivity index (χ1) is 10.8. The normalized spacial score (nSPS) is 16.0. The zero-order chi connectivity index (χ0) is 17.9. The van der Waals surface area contributed by atoms with E-state index in [0.717, 1.165) is 12.2 Å². The predicted molar refractivity (Wildman–Crippen MR) is 77.2 cm³/mol. The van der Waals surface area contributed by atoms with Crippen LogP contribution in [0.25, 0.3) is 0 Å². The number of carbonyl (C=O) groups excluding carboxylic acids is 2. The van der Waals surface area contributed by atoms with Crippen LogP contribution >= 0.6 is 8.46 Å². The highest BCUT2D eigenvalue weighted by Crippen LogP contribution is 2.40. The molecule has 0 heterocycles. The van der Waals surface area contributed by atoms with Gasteiger partial charge in [0.05, 0.1) is 0 Å². The van der Waals surface area contributed by atoms with E-state index < -0.39 is 45.3 Å². The summed E-state index contributed by atoms with van der Waals surface area (Å²) in [6.07, 6.45) is 1.86. The number of hydrogen-bond acceptors (Lipinski definition) is 9. The topological polar surface area (TPSA) is 107 Å². The average molecular weight is 350 g/mol. The molecule has 2 atom stereocenters. The zero-order valence-corrected chi connectivity index (χ0v) is 14.0. The van der Waals surface area contributed by atoms with Gasteiger partial charge >= 0.3 is 17.5 Å². The largest absolute Gasteiger partial charge is 0.435 e. The third-order valence-corrected chi connectivity index (χ3v) is 3.64. The lowest BCUT2D eigenvalue weighted by Gasteiger charge is -2.39. The number of methoxy groups -OCH3 is 2. The van der Waals surface area contributed by atoms with Crippen molar-refractivity contribution in [1.29, 1.82) is 0 Å². The maximum atomic E-state index is 11.6. The summed E-state index contributed by atoms with van der Waals surface area (Å²) in [5, 5.41) is 0. The van der Waals surface area contributed by atoms with Gasteiger partial charge in [-0.05, 0) is 6.92 Å². The predicted octanol–water partition coefficient (Wildman–Crippen LogP) is 1.35. The Morgan fingerprint density at radius 3 is 1.83 bits per heavy atom. The minimum absolute atomic E-state index is 0.550. The highest BCUT2D eigenvalue weighted by atomic mass is 31.1. The summed E-state index contributed by atoms with van der Waals surface area (Å²) < 4.78 is 41.5. The van der Waals surface area contributed by atoms with Crippen LogP contribution < -0.4 is 0 Å². The van der Waals surface area contributed by atoms with Gasteiger partial charge in [-0.15, -0.1) is 0 Å². The smallest absolute Gasteiger partial charge is 0.332 e. The van der Waals surface area contributed by atoms with Crippen molar-refractivity contribution in [2.24, 2.45) is 0 Å². The van der Waals surface area contributed by atoms with Gasteiger partial charge in [0, 0.05) is 26.4 Å². The molecule has 0 amide bonds. The molecule has 0 aromatic carbocycles. The number of esters is 2. The Kier molecular flexibility index (Phi) is 9.47. The molecule has 0 rings (SSSR count). The summed E-state index contributed by atoms with van der Waals surface area (Å²) in [6, 6.07) is 0. The van der Waals surface area contributed by atoms with Gasteiger partial charge in [0.15, 0.2) is 13.6 Å². The molecule has 130 valence electrons. The van der Waals surface area contributed by atoms with E-state index in [1.165, 1.54) is 21.1 Å². The minimum atomic E-state index is -2.00. The molecule has 0 aliphatic carbocycles. The van der Waals surface area contributed by atoms with Crippen LogP contribution in [-0.2, 0) is 42.6 Å². The molecule has 0 N–H and O–H groups in total. The van der Waals surface area contributed by atoms with Gasteiger partial charge < -0.3 is 23.7 Å². The van der Waals surface area contributed by atoms with Gasteiger partial charge in [-0.2, -0.15) is 0 Å². The Balaban J connectivity index is 5.03. The second-order valence-corrected chi connectivity index (χ2v) is 4.66. The van der Waals surface area contributed by atoms with Crippen molar-refractivity contribution in [2.45, 2.75) is 18.2 Å². The molecule has 0 fully saturated rings. The van der Waals surface area contributed by atoms with Crippen LogP contribution in [0.1, 0.15) is 6.92 Å². The molecule has 0 aromatic rings. The molecule has 0 aromatic heterocycles. The van der Waals surface area contributed by atoms with Gasteiger partial charge in [-0.25, -0.2) is 9.59 Å². The quantitative estimate of drug-likeness (QED) is 0.223. The first-order valence-electron chi connectivity index (χ1n) is 6.15. The molecule has 10 heteroatoms. The Labute approximate surface area is 135 Å². The monoisotopic (exact) mass is 350 g/mol. The Morgan fingerprint density at radius 2 is 1.48 bits per heavy atom. The first-order valence-corrected chi connectivity index (χ1v) is 6.97. The highest BCUT2D eigenvalue weighted by molar-refractivity contribution is 7.25. The maximum absolute atomic E-state index is 11.6. The molecule has 0 bridgehead atoms. The van der Waals surface area contributed by atoms with Gasteiger partial charge in [-0.1, -0.05) is 13.2 Å². The van der Waals surface area contributed by atoms with E-state index in [0.29, 0.717) is 0 Å². The summed E-state index contributed by atoms with van der Waals surface area (Å²) in [7, 11) is 1.71. The standard InChI is InChI=1S/C13H19O9P/c1-6-10(14)19-8-21-12(3,17-4)13(18-5,23-16)22-9-20-11(15)7-2/h6-7H,1-2,8-9H2,3-5H3. The van der Waals surface area contributed by atoms with Crippen molar-refractivity contribution >= 4 is 20.4 Å². The van der Waals surface area contributed by atoms with Crippen LogP contribution in [0.3, 0.4) is 0 Å². The Morgan fingerprint density at radius 1 is 1.00 bits per heavy atom. The number of hydrogen-bond donors (Lipinski definition) is 0. The van der Waals surface area contributed by atoms with Crippen molar-refractivity contribution in [2.75, 3.05) is 27.8 Å². The molecule has 0 aliphatic rings. The fourth-order valence-electron chi connectivity index (χ4n) is 1.29. The summed E-state index contributed by atoms with van der Waals surface area (Å²) in [5.41, 5.74) is -2.00. The maximum Gasteiger partial charge on any atom is 0.332 e. The van der Waals surface area contributed by atoms with E-state index in [1.54, 1.807) is 0 Å². The molecule has 0 saturated heterocycles. The lowest BCUT2D eigenvalue weighted by Crippen LogP contribution is -2.55. The second-order valence-electron chi connectivity index (χ2n) is 3.89. The molecule has 0 radical (unpaired) electrons. The van der Waals surface area contributed by atoms with Crippen LogP contribution in [0.15, 0.2) is 25.3 Å². The molecule has 0 spiro atoms. The van der Waals surface area contributed by atoms with Crippen LogP contribution in [0.5, 0.6) is 0 Å². The molecule has 2 unspecified atom stereocenters. The third-order valence-electron chi connectivity index (χ3n) is 2.68. The SMILES string of the molecule is C=CC(=O)OCOC(C)(OC)C(OC)(OCOC(=O)C=C)P=O. The van der Waals surface area contributed by atoms with E-state index in [9.17, 15) is 14.2 Å². The van der Waals surface area contributed by atoms with Crippen molar-refractivity contribution < 1.29 is 42.6 Å². The number of rotatable bonds is 12. The molecule has 0 aliphatic heterocycles. The summed E-state index contributed by atoms with van der Waals surface area (Å²) in [4.78, 5) is 22.0. The third kappa shape index (κ3) is 5.81. The average Bonchev–Trinajstić information content (AvgIpc) is 2.58. The van der Waals surface area contributed by atoms with Crippen LogP contribution in [0, 0.1) is 0 Å². The first kappa shape index (κ1) is 21.4. The van der Waals surface area contributed by atoms with Gasteiger partial charge in [-0.3, -0.25) is 9.30 Å². The van der Waals surface area contributed by atoms with Gasteiger partial charge in [0.2, 0.25) is 14.2 Å². The summed E-state index contributed by atoms with van der Waals surface area (Å²) in [6.45, 7) is 6.61. The van der Waals surface area contributed by atoms with Crippen LogP contribution in [-0.4, -0.2) is 51.1 Å². The lowest BCUT2D eigenvalue weighted by atomic mass is 10.3. The van der Waals surface area contributed by atoms with Crippen molar-refractivity contribution in [3.63, 3.8) is 0 Å². The van der Waals surface area contributed by atoms with Crippen LogP contribution in [0.2, 0.25) is 0 Å². The fourth-order valence-corrected chi connectivity index (χ4v) is 1.79. The van der Waals surface area contributed by atoms with Crippen molar-refractivity contribution in [3.05, 3.63) is 25.3 Å². The Hall–Kier alpha value is -1.64. The highest BCUT2D eigenvalue weighted by Gasteiger charge is 2.55. The molecular formula is C13H19O9P. The van der Waals surface area contributed by atoms with Crippen molar-refractivity contribution in [1.82, 2.24) is 0 Å². The Bertz CT molecular complexity index is 453. The van der Waals surface area contributed by atoms with E-state index in [-0.39, 0.29) is 0 Å². The van der Waals surface area contributed by atoms with Crippen molar-refractivity contribution in [3.8, 4) is 0 Å². The van der Waals surface area contributed by atoms with E-state index in [1.807, 2.05) is 0 Å².